The van der Waals surface area contributed by atoms with E-state index in [1.54, 1.807) is 0 Å². The van der Waals surface area contributed by atoms with Gasteiger partial charge in [0, 0.05) is 24.5 Å². The molecule has 0 spiro atoms. The maximum absolute atomic E-state index is 10.9. The number of hydrogen-bond acceptors (Lipinski definition) is 2. The van der Waals surface area contributed by atoms with Crippen molar-refractivity contribution in [2.45, 2.75) is 26.8 Å². The van der Waals surface area contributed by atoms with Crippen LogP contribution in [0.4, 0.5) is 0 Å². The van der Waals surface area contributed by atoms with E-state index in [1.807, 2.05) is 11.5 Å². The number of aromatic hydroxyl groups is 1. The van der Waals surface area contributed by atoms with Crippen LogP contribution in [0.2, 0.25) is 0 Å². The van der Waals surface area contributed by atoms with Crippen molar-refractivity contribution in [1.29, 1.82) is 0 Å². The minimum Gasteiger partial charge on any atom is -0.503 e. The van der Waals surface area contributed by atoms with Crippen LogP contribution < -0.4 is 5.43 Å². The molecule has 0 bridgehead atoms. The quantitative estimate of drug-likeness (QED) is 0.720. The van der Waals surface area contributed by atoms with E-state index in [0.717, 1.165) is 18.7 Å². The van der Waals surface area contributed by atoms with Crippen LogP contribution in [0.5, 0.6) is 5.75 Å². The van der Waals surface area contributed by atoms with Gasteiger partial charge in [-0.25, -0.2) is 0 Å². The van der Waals surface area contributed by atoms with Crippen LogP contribution in [0.1, 0.15) is 19.0 Å². The van der Waals surface area contributed by atoms with E-state index in [-0.39, 0.29) is 11.2 Å². The highest BCUT2D eigenvalue weighted by molar-refractivity contribution is 5.19. The highest BCUT2D eigenvalue weighted by Gasteiger charge is 1.99. The van der Waals surface area contributed by atoms with E-state index in [1.165, 1.54) is 12.3 Å². The number of pyridine rings is 1. The largest absolute Gasteiger partial charge is 0.503 e. The maximum atomic E-state index is 10.9. The Labute approximate surface area is 71.3 Å². The molecule has 0 radical (unpaired) electrons. The van der Waals surface area contributed by atoms with Gasteiger partial charge in [-0.1, -0.05) is 6.92 Å². The molecule has 3 heteroatoms. The van der Waals surface area contributed by atoms with E-state index in [2.05, 4.69) is 6.92 Å². The predicted octanol–water partition coefficient (Wildman–Crippen LogP) is 1.27. The summed E-state index contributed by atoms with van der Waals surface area (Å²) in [5, 5.41) is 9.12. The molecule has 0 fully saturated rings. The molecule has 0 aliphatic rings. The molecule has 0 aromatic carbocycles. The Morgan fingerprint density at radius 1 is 1.58 bits per heavy atom. The van der Waals surface area contributed by atoms with Crippen molar-refractivity contribution in [3.05, 3.63) is 28.2 Å². The van der Waals surface area contributed by atoms with E-state index < -0.39 is 0 Å². The van der Waals surface area contributed by atoms with Crippen LogP contribution in [0, 0.1) is 6.92 Å². The summed E-state index contributed by atoms with van der Waals surface area (Å²) in [6, 6.07) is 1.45. The summed E-state index contributed by atoms with van der Waals surface area (Å²) in [5.74, 6) is -0.172. The predicted molar refractivity (Wildman–Crippen MR) is 47.4 cm³/mol. The summed E-state index contributed by atoms with van der Waals surface area (Å²) in [5.41, 5.74) is 0.583. The molecule has 0 atom stereocenters. The average Bonchev–Trinajstić information content (AvgIpc) is 2.01. The highest BCUT2D eigenvalue weighted by Crippen LogP contribution is 2.04. The average molecular weight is 167 g/mol. The SMILES string of the molecule is CCCn1cc(O)c(=O)cc1C. The Hall–Kier alpha value is -1.25. The first kappa shape index (κ1) is 8.84. The Morgan fingerprint density at radius 3 is 2.83 bits per heavy atom. The molecule has 1 aromatic heterocycles. The number of hydrogen-bond donors (Lipinski definition) is 1. The van der Waals surface area contributed by atoms with Gasteiger partial charge in [-0.3, -0.25) is 4.79 Å². The minimum absolute atomic E-state index is 0.172. The van der Waals surface area contributed by atoms with Crippen molar-refractivity contribution in [1.82, 2.24) is 4.57 Å². The maximum Gasteiger partial charge on any atom is 0.223 e. The van der Waals surface area contributed by atoms with Gasteiger partial charge < -0.3 is 9.67 Å². The molecular weight excluding hydrogens is 154 g/mol. The first-order valence-corrected chi connectivity index (χ1v) is 4.05. The Kier molecular flexibility index (Phi) is 2.53. The fraction of sp³-hybridized carbons (Fsp3) is 0.444. The zero-order valence-corrected chi connectivity index (χ0v) is 7.37. The second-order valence-corrected chi connectivity index (χ2v) is 2.86. The first-order chi connectivity index (χ1) is 5.65. The summed E-state index contributed by atoms with van der Waals surface area (Å²) in [6.07, 6.45) is 2.48. The Morgan fingerprint density at radius 2 is 2.25 bits per heavy atom. The van der Waals surface area contributed by atoms with Crippen molar-refractivity contribution in [3.63, 3.8) is 0 Å². The summed E-state index contributed by atoms with van der Waals surface area (Å²) < 4.78 is 1.87. The zero-order valence-electron chi connectivity index (χ0n) is 7.37. The van der Waals surface area contributed by atoms with Crippen molar-refractivity contribution < 1.29 is 5.11 Å². The molecule has 0 saturated carbocycles. The van der Waals surface area contributed by atoms with Gasteiger partial charge >= 0.3 is 0 Å². The molecule has 0 saturated heterocycles. The lowest BCUT2D eigenvalue weighted by Crippen LogP contribution is -2.09. The third-order valence-corrected chi connectivity index (χ3v) is 1.79. The van der Waals surface area contributed by atoms with Crippen LogP contribution >= 0.6 is 0 Å². The Balaban J connectivity index is 3.14. The number of aromatic nitrogens is 1. The Bertz CT molecular complexity index is 328. The summed E-state index contributed by atoms with van der Waals surface area (Å²) in [4.78, 5) is 10.9. The van der Waals surface area contributed by atoms with E-state index in [4.69, 9.17) is 5.11 Å². The lowest BCUT2D eigenvalue weighted by atomic mass is 10.3. The van der Waals surface area contributed by atoms with Crippen molar-refractivity contribution in [3.8, 4) is 5.75 Å². The van der Waals surface area contributed by atoms with Gasteiger partial charge in [-0.2, -0.15) is 0 Å². The lowest BCUT2D eigenvalue weighted by Gasteiger charge is -2.08. The summed E-state index contributed by atoms with van der Waals surface area (Å²) in [7, 11) is 0. The topological polar surface area (TPSA) is 42.2 Å². The fourth-order valence-corrected chi connectivity index (χ4v) is 1.14. The van der Waals surface area contributed by atoms with E-state index in [0.29, 0.717) is 0 Å². The molecule has 66 valence electrons. The zero-order chi connectivity index (χ0) is 9.14. The molecule has 0 unspecified atom stereocenters. The molecule has 0 aliphatic heterocycles. The number of aryl methyl sites for hydroxylation is 2. The molecule has 12 heavy (non-hydrogen) atoms. The third kappa shape index (κ3) is 1.67. The molecule has 3 nitrogen and oxygen atoms in total. The second-order valence-electron chi connectivity index (χ2n) is 2.86. The highest BCUT2D eigenvalue weighted by atomic mass is 16.3. The van der Waals surface area contributed by atoms with Gasteiger partial charge in [-0.05, 0) is 13.3 Å². The molecule has 0 aliphatic carbocycles. The molecule has 1 aromatic rings. The van der Waals surface area contributed by atoms with Crippen molar-refractivity contribution in [2.75, 3.05) is 0 Å². The van der Waals surface area contributed by atoms with Crippen LogP contribution in [0.25, 0.3) is 0 Å². The van der Waals surface area contributed by atoms with Crippen LogP contribution in [0.3, 0.4) is 0 Å². The first-order valence-electron chi connectivity index (χ1n) is 4.05. The van der Waals surface area contributed by atoms with Crippen molar-refractivity contribution >= 4 is 0 Å². The fourth-order valence-electron chi connectivity index (χ4n) is 1.14. The molecule has 1 N–H and O–H groups in total. The van der Waals surface area contributed by atoms with Gasteiger partial charge in [0.05, 0.1) is 0 Å². The lowest BCUT2D eigenvalue weighted by molar-refractivity contribution is 0.458. The van der Waals surface area contributed by atoms with Gasteiger partial charge in [0.2, 0.25) is 5.43 Å². The van der Waals surface area contributed by atoms with Gasteiger partial charge in [0.25, 0.3) is 0 Å². The van der Waals surface area contributed by atoms with Crippen molar-refractivity contribution in [2.24, 2.45) is 0 Å². The minimum atomic E-state index is -0.306. The van der Waals surface area contributed by atoms with Gasteiger partial charge in [0.15, 0.2) is 5.75 Å². The number of nitrogens with zero attached hydrogens (tertiary/aromatic N) is 1. The summed E-state index contributed by atoms with van der Waals surface area (Å²) >= 11 is 0. The van der Waals surface area contributed by atoms with E-state index >= 15 is 0 Å². The van der Waals surface area contributed by atoms with Crippen LogP contribution in [-0.4, -0.2) is 9.67 Å². The molecular formula is C9H13NO2. The molecule has 0 amide bonds. The summed E-state index contributed by atoms with van der Waals surface area (Å²) in [6.45, 7) is 4.74. The van der Waals surface area contributed by atoms with Gasteiger partial charge in [0.1, 0.15) is 0 Å². The third-order valence-electron chi connectivity index (χ3n) is 1.79. The normalized spacial score (nSPS) is 10.2. The van der Waals surface area contributed by atoms with Crippen LogP contribution in [-0.2, 0) is 6.54 Å². The monoisotopic (exact) mass is 167 g/mol. The van der Waals surface area contributed by atoms with Gasteiger partial charge in [-0.15, -0.1) is 0 Å². The smallest absolute Gasteiger partial charge is 0.223 e. The number of rotatable bonds is 2. The second kappa shape index (κ2) is 3.43. The van der Waals surface area contributed by atoms with Crippen LogP contribution in [0.15, 0.2) is 17.1 Å². The van der Waals surface area contributed by atoms with E-state index in [9.17, 15) is 4.79 Å². The molecule has 1 rings (SSSR count). The molecule has 1 heterocycles. The standard InChI is InChI=1S/C9H13NO2/c1-3-4-10-6-9(12)8(11)5-7(10)2/h5-6,12H,3-4H2,1-2H3.